The van der Waals surface area contributed by atoms with Crippen LogP contribution in [0.25, 0.3) is 0 Å². The second-order valence-corrected chi connectivity index (χ2v) is 6.09. The van der Waals surface area contributed by atoms with Crippen LogP contribution in [-0.2, 0) is 0 Å². The summed E-state index contributed by atoms with van der Waals surface area (Å²) in [6, 6.07) is 3.66. The van der Waals surface area contributed by atoms with Gasteiger partial charge in [0, 0.05) is 5.56 Å². The van der Waals surface area contributed by atoms with E-state index in [-0.39, 0.29) is 0 Å². The van der Waals surface area contributed by atoms with Gasteiger partial charge in [-0.2, -0.15) is 0 Å². The molecule has 112 valence electrons. The van der Waals surface area contributed by atoms with Crippen molar-refractivity contribution in [2.24, 2.45) is 0 Å². The summed E-state index contributed by atoms with van der Waals surface area (Å²) in [5.41, 5.74) is 1.68. The number of hydrogen-bond donors (Lipinski definition) is 0. The molecule has 1 aromatic carbocycles. The summed E-state index contributed by atoms with van der Waals surface area (Å²) < 4.78 is 6.70. The third-order valence-electron chi connectivity index (χ3n) is 3.38. The molecule has 0 spiro atoms. The van der Waals surface area contributed by atoms with E-state index >= 15 is 0 Å². The van der Waals surface area contributed by atoms with Crippen molar-refractivity contribution in [2.45, 2.75) is 58.8 Å². The van der Waals surface area contributed by atoms with Gasteiger partial charge in [0.25, 0.3) is 0 Å². The average Bonchev–Trinajstić information content (AvgIpc) is 2.43. The summed E-state index contributed by atoms with van der Waals surface area (Å²) in [7, 11) is 0. The van der Waals surface area contributed by atoms with Gasteiger partial charge in [0.05, 0.1) is 11.1 Å². The van der Waals surface area contributed by atoms with E-state index in [4.69, 9.17) is 4.74 Å². The minimum Gasteiger partial charge on any atom is -0.492 e. The van der Waals surface area contributed by atoms with E-state index < -0.39 is 0 Å². The SMILES string of the molecule is CCCCCCCCCOc1c(C)cc(C=O)cc1Br. The van der Waals surface area contributed by atoms with Crippen LogP contribution in [0.4, 0.5) is 0 Å². The number of carbonyl (C=O) groups is 1. The monoisotopic (exact) mass is 340 g/mol. The van der Waals surface area contributed by atoms with E-state index in [1.807, 2.05) is 13.0 Å². The maximum atomic E-state index is 10.8. The second kappa shape index (κ2) is 9.98. The Morgan fingerprint density at radius 2 is 1.75 bits per heavy atom. The molecule has 0 radical (unpaired) electrons. The Hall–Kier alpha value is -0.830. The van der Waals surface area contributed by atoms with E-state index in [1.54, 1.807) is 6.07 Å². The molecule has 3 heteroatoms. The molecule has 0 aromatic heterocycles. The Morgan fingerprint density at radius 3 is 2.35 bits per heavy atom. The molecule has 0 saturated heterocycles. The largest absolute Gasteiger partial charge is 0.492 e. The van der Waals surface area contributed by atoms with Crippen molar-refractivity contribution in [3.8, 4) is 5.75 Å². The Balaban J connectivity index is 2.27. The smallest absolute Gasteiger partial charge is 0.150 e. The molecule has 0 saturated carbocycles. The molecule has 0 N–H and O–H groups in total. The van der Waals surface area contributed by atoms with Crippen LogP contribution in [0.2, 0.25) is 0 Å². The molecule has 0 unspecified atom stereocenters. The third-order valence-corrected chi connectivity index (χ3v) is 3.97. The Morgan fingerprint density at radius 1 is 1.10 bits per heavy atom. The van der Waals surface area contributed by atoms with Crippen LogP contribution in [0, 0.1) is 6.92 Å². The van der Waals surface area contributed by atoms with Crippen molar-refractivity contribution < 1.29 is 9.53 Å². The van der Waals surface area contributed by atoms with Crippen LogP contribution in [0.3, 0.4) is 0 Å². The molecule has 0 heterocycles. The topological polar surface area (TPSA) is 26.3 Å². The summed E-state index contributed by atoms with van der Waals surface area (Å²) in [5, 5.41) is 0. The van der Waals surface area contributed by atoms with Crippen LogP contribution in [-0.4, -0.2) is 12.9 Å². The average molecular weight is 341 g/mol. The van der Waals surface area contributed by atoms with Gasteiger partial charge in [0.15, 0.2) is 0 Å². The van der Waals surface area contributed by atoms with E-state index in [9.17, 15) is 4.79 Å². The van der Waals surface area contributed by atoms with Gasteiger partial charge in [0.1, 0.15) is 12.0 Å². The first-order chi connectivity index (χ1) is 9.69. The zero-order valence-corrected chi connectivity index (χ0v) is 14.2. The number of halogens is 1. The molecule has 1 aromatic rings. The fourth-order valence-corrected chi connectivity index (χ4v) is 2.93. The highest BCUT2D eigenvalue weighted by atomic mass is 79.9. The van der Waals surface area contributed by atoms with Gasteiger partial charge < -0.3 is 4.74 Å². The predicted octanol–water partition coefficient (Wildman–Crippen LogP) is 5.70. The Kier molecular flexibility index (Phi) is 8.59. The molecule has 2 nitrogen and oxygen atoms in total. The van der Waals surface area contributed by atoms with Crippen LogP contribution in [0.5, 0.6) is 5.75 Å². The summed E-state index contributed by atoms with van der Waals surface area (Å²) in [6.07, 6.45) is 9.82. The predicted molar refractivity (Wildman–Crippen MR) is 87.8 cm³/mol. The van der Waals surface area contributed by atoms with Gasteiger partial charge in [-0.25, -0.2) is 0 Å². The molecule has 20 heavy (non-hydrogen) atoms. The first-order valence-electron chi connectivity index (χ1n) is 7.57. The normalized spacial score (nSPS) is 10.6. The summed E-state index contributed by atoms with van der Waals surface area (Å²) in [5.74, 6) is 0.863. The number of carbonyl (C=O) groups excluding carboxylic acids is 1. The lowest BCUT2D eigenvalue weighted by Crippen LogP contribution is -2.00. The minimum atomic E-state index is 0.678. The van der Waals surface area contributed by atoms with Gasteiger partial charge in [-0.1, -0.05) is 45.4 Å². The fraction of sp³-hybridized carbons (Fsp3) is 0.588. The van der Waals surface area contributed by atoms with Crippen LogP contribution in [0.15, 0.2) is 16.6 Å². The molecule has 0 fully saturated rings. The fourth-order valence-electron chi connectivity index (χ4n) is 2.24. The zero-order valence-electron chi connectivity index (χ0n) is 12.6. The lowest BCUT2D eigenvalue weighted by Gasteiger charge is -2.11. The Bertz CT molecular complexity index is 392. The number of hydrogen-bond acceptors (Lipinski definition) is 2. The maximum Gasteiger partial charge on any atom is 0.150 e. The van der Waals surface area contributed by atoms with Crippen LogP contribution >= 0.6 is 15.9 Å². The van der Waals surface area contributed by atoms with Gasteiger partial charge in [-0.05, 0) is 47.0 Å². The van der Waals surface area contributed by atoms with Gasteiger partial charge in [0.2, 0.25) is 0 Å². The van der Waals surface area contributed by atoms with Gasteiger partial charge in [-0.3, -0.25) is 4.79 Å². The molecule has 0 aliphatic rings. The lowest BCUT2D eigenvalue weighted by molar-refractivity contribution is 0.112. The first-order valence-corrected chi connectivity index (χ1v) is 8.36. The number of unbranched alkanes of at least 4 members (excludes halogenated alkanes) is 6. The Labute approximate surface area is 131 Å². The number of aryl methyl sites for hydroxylation is 1. The number of aldehydes is 1. The second-order valence-electron chi connectivity index (χ2n) is 5.24. The zero-order chi connectivity index (χ0) is 14.8. The number of benzene rings is 1. The summed E-state index contributed by atoms with van der Waals surface area (Å²) in [4.78, 5) is 10.8. The van der Waals surface area contributed by atoms with Crippen molar-refractivity contribution in [1.29, 1.82) is 0 Å². The minimum absolute atomic E-state index is 0.678. The highest BCUT2D eigenvalue weighted by Crippen LogP contribution is 2.30. The highest BCUT2D eigenvalue weighted by Gasteiger charge is 2.07. The molecule has 0 aliphatic heterocycles. The van der Waals surface area contributed by atoms with E-state index in [0.29, 0.717) is 5.56 Å². The molecule has 0 bridgehead atoms. The van der Waals surface area contributed by atoms with Gasteiger partial charge >= 0.3 is 0 Å². The maximum absolute atomic E-state index is 10.8. The summed E-state index contributed by atoms with van der Waals surface area (Å²) >= 11 is 3.47. The van der Waals surface area contributed by atoms with Crippen molar-refractivity contribution in [1.82, 2.24) is 0 Å². The van der Waals surface area contributed by atoms with Crippen LogP contribution < -0.4 is 4.74 Å². The van der Waals surface area contributed by atoms with Crippen molar-refractivity contribution >= 4 is 22.2 Å². The van der Waals surface area contributed by atoms with Gasteiger partial charge in [-0.15, -0.1) is 0 Å². The molecule has 0 aliphatic carbocycles. The van der Waals surface area contributed by atoms with Crippen molar-refractivity contribution in [3.05, 3.63) is 27.7 Å². The van der Waals surface area contributed by atoms with Crippen LogP contribution in [0.1, 0.15) is 67.8 Å². The molecule has 1 rings (SSSR count). The molecular formula is C17H25BrO2. The molecule has 0 amide bonds. The van der Waals surface area contributed by atoms with E-state index in [2.05, 4.69) is 22.9 Å². The van der Waals surface area contributed by atoms with E-state index in [1.165, 1.54) is 38.5 Å². The quantitative estimate of drug-likeness (QED) is 0.403. The lowest BCUT2D eigenvalue weighted by atomic mass is 10.1. The van der Waals surface area contributed by atoms with Crippen molar-refractivity contribution in [3.63, 3.8) is 0 Å². The standard InChI is InChI=1S/C17H25BrO2/c1-3-4-5-6-7-8-9-10-20-17-14(2)11-15(13-19)12-16(17)18/h11-13H,3-10H2,1-2H3. The number of rotatable bonds is 10. The third kappa shape index (κ3) is 6.08. The van der Waals surface area contributed by atoms with Crippen molar-refractivity contribution in [2.75, 3.05) is 6.61 Å². The molecule has 0 atom stereocenters. The molecular weight excluding hydrogens is 316 g/mol. The highest BCUT2D eigenvalue weighted by molar-refractivity contribution is 9.10. The number of ether oxygens (including phenoxy) is 1. The summed E-state index contributed by atoms with van der Waals surface area (Å²) in [6.45, 7) is 4.95. The van der Waals surface area contributed by atoms with E-state index in [0.717, 1.165) is 35.1 Å². The first kappa shape index (κ1) is 17.2.